The van der Waals surface area contributed by atoms with Crippen LogP contribution in [0.4, 0.5) is 11.5 Å². The molecule has 2 N–H and O–H groups in total. The third-order valence-corrected chi connectivity index (χ3v) is 7.00. The number of nitriles is 2. The van der Waals surface area contributed by atoms with E-state index in [1.165, 1.54) is 0 Å². The number of carbonyl (C=O) groups is 2. The van der Waals surface area contributed by atoms with Crippen LogP contribution in [0, 0.1) is 22.7 Å². The minimum atomic E-state index is -0.786. The summed E-state index contributed by atoms with van der Waals surface area (Å²) >= 11 is 1.01. The van der Waals surface area contributed by atoms with Gasteiger partial charge in [0, 0.05) is 12.0 Å². The summed E-state index contributed by atoms with van der Waals surface area (Å²) in [6, 6.07) is 18.4. The molecule has 9 heteroatoms. The summed E-state index contributed by atoms with van der Waals surface area (Å²) in [6.45, 7) is 4.41. The Morgan fingerprint density at radius 1 is 1.06 bits per heavy atom. The number of aryl methyl sites for hydroxylation is 1. The SMILES string of the molecule is CCOc1ccc(N2C(=O)CC(Sc3nc(N)c(C#N)c(-c4ccc(CC)cc4)c3C#N)C2=O)cc1. The molecule has 0 bridgehead atoms. The Morgan fingerprint density at radius 2 is 1.72 bits per heavy atom. The van der Waals surface area contributed by atoms with Gasteiger partial charge in [-0.2, -0.15) is 10.5 Å². The predicted molar refractivity (Wildman–Crippen MR) is 137 cm³/mol. The molecule has 180 valence electrons. The molecule has 2 heterocycles. The molecule has 0 radical (unpaired) electrons. The van der Waals surface area contributed by atoms with Gasteiger partial charge in [0.25, 0.3) is 0 Å². The first-order valence-electron chi connectivity index (χ1n) is 11.4. The lowest BCUT2D eigenvalue weighted by Crippen LogP contribution is -2.31. The summed E-state index contributed by atoms with van der Waals surface area (Å²) in [5.41, 5.74) is 8.94. The van der Waals surface area contributed by atoms with Crippen LogP contribution in [-0.4, -0.2) is 28.7 Å². The minimum absolute atomic E-state index is 0.0336. The van der Waals surface area contributed by atoms with Crippen LogP contribution in [0.2, 0.25) is 0 Å². The second-order valence-corrected chi connectivity index (χ2v) is 9.20. The molecule has 1 aliphatic heterocycles. The summed E-state index contributed by atoms with van der Waals surface area (Å²) in [6.07, 6.45) is 0.794. The molecule has 1 aromatic heterocycles. The number of rotatable bonds is 7. The number of nitrogen functional groups attached to an aromatic ring is 1. The monoisotopic (exact) mass is 497 g/mol. The van der Waals surface area contributed by atoms with Crippen molar-refractivity contribution in [2.24, 2.45) is 0 Å². The van der Waals surface area contributed by atoms with Crippen LogP contribution in [0.5, 0.6) is 5.75 Å². The van der Waals surface area contributed by atoms with Crippen molar-refractivity contribution in [2.45, 2.75) is 37.0 Å². The number of aromatic nitrogens is 1. The molecule has 0 spiro atoms. The largest absolute Gasteiger partial charge is 0.494 e. The summed E-state index contributed by atoms with van der Waals surface area (Å²) in [5.74, 6) is -0.149. The number of imide groups is 1. The van der Waals surface area contributed by atoms with Crippen LogP contribution in [-0.2, 0) is 16.0 Å². The molecule has 1 saturated heterocycles. The summed E-state index contributed by atoms with van der Waals surface area (Å²) in [4.78, 5) is 31.4. The molecule has 1 fully saturated rings. The standard InChI is InChI=1S/C27H23N5O3S/c1-3-16-5-7-17(8-6-16)24-20(14-28)25(30)31-26(21(24)15-29)36-22-13-23(33)32(27(22)34)18-9-11-19(12-10-18)35-4-2/h5-12,22H,3-4,13H2,1-2H3,(H2,30,31). The zero-order valence-electron chi connectivity index (χ0n) is 19.8. The van der Waals surface area contributed by atoms with Crippen LogP contribution in [0.25, 0.3) is 11.1 Å². The van der Waals surface area contributed by atoms with Gasteiger partial charge in [0.05, 0.1) is 23.1 Å². The summed E-state index contributed by atoms with van der Waals surface area (Å²) < 4.78 is 5.43. The van der Waals surface area contributed by atoms with E-state index >= 15 is 0 Å². The van der Waals surface area contributed by atoms with E-state index in [2.05, 4.69) is 17.1 Å². The third kappa shape index (κ3) is 4.61. The Labute approximate surface area is 213 Å². The Bertz CT molecular complexity index is 1410. The number of nitrogens with zero attached hydrogens (tertiary/aromatic N) is 4. The maximum Gasteiger partial charge on any atom is 0.247 e. The molecule has 2 amide bonds. The van der Waals surface area contributed by atoms with E-state index in [0.29, 0.717) is 29.2 Å². The van der Waals surface area contributed by atoms with Crippen LogP contribution in [0.3, 0.4) is 0 Å². The Kier molecular flexibility index (Phi) is 7.23. The predicted octanol–water partition coefficient (Wildman–Crippen LogP) is 4.46. The molecule has 36 heavy (non-hydrogen) atoms. The molecule has 0 aliphatic carbocycles. The Balaban J connectivity index is 1.69. The molecular weight excluding hydrogens is 474 g/mol. The lowest BCUT2D eigenvalue weighted by atomic mass is 9.96. The zero-order valence-corrected chi connectivity index (χ0v) is 20.6. The molecule has 3 aromatic rings. The fourth-order valence-electron chi connectivity index (χ4n) is 4.04. The fraction of sp³-hybridized carbons (Fsp3) is 0.222. The number of hydrogen-bond donors (Lipinski definition) is 1. The molecule has 2 aromatic carbocycles. The average molecular weight is 498 g/mol. The van der Waals surface area contributed by atoms with Crippen LogP contribution in [0.1, 0.15) is 37.0 Å². The molecule has 1 atom stereocenters. The number of anilines is 2. The number of nitrogens with two attached hydrogens (primary N) is 1. The van der Waals surface area contributed by atoms with Gasteiger partial charge in [0.1, 0.15) is 34.3 Å². The first-order valence-corrected chi connectivity index (χ1v) is 12.3. The first-order chi connectivity index (χ1) is 17.4. The smallest absolute Gasteiger partial charge is 0.247 e. The maximum atomic E-state index is 13.2. The highest BCUT2D eigenvalue weighted by Crippen LogP contribution is 2.40. The van der Waals surface area contributed by atoms with Crippen LogP contribution < -0.4 is 15.4 Å². The van der Waals surface area contributed by atoms with E-state index < -0.39 is 11.2 Å². The van der Waals surface area contributed by atoms with E-state index in [0.717, 1.165) is 28.6 Å². The first kappa shape index (κ1) is 24.8. The number of pyridine rings is 1. The molecule has 8 nitrogen and oxygen atoms in total. The lowest BCUT2D eigenvalue weighted by molar-refractivity contribution is -0.121. The number of ether oxygens (including phenoxy) is 1. The van der Waals surface area contributed by atoms with E-state index in [4.69, 9.17) is 10.5 Å². The van der Waals surface area contributed by atoms with E-state index in [-0.39, 0.29) is 34.3 Å². The molecule has 1 aliphatic rings. The molecule has 0 saturated carbocycles. The van der Waals surface area contributed by atoms with Gasteiger partial charge in [-0.1, -0.05) is 43.0 Å². The number of carbonyl (C=O) groups excluding carboxylic acids is 2. The highest BCUT2D eigenvalue weighted by Gasteiger charge is 2.41. The van der Waals surface area contributed by atoms with Gasteiger partial charge >= 0.3 is 0 Å². The fourth-order valence-corrected chi connectivity index (χ4v) is 5.16. The normalized spacial score (nSPS) is 15.0. The van der Waals surface area contributed by atoms with Crippen molar-refractivity contribution in [3.8, 4) is 29.0 Å². The summed E-state index contributed by atoms with van der Waals surface area (Å²) in [7, 11) is 0. The molecular formula is C27H23N5O3S. The van der Waals surface area contributed by atoms with Gasteiger partial charge in [-0.25, -0.2) is 9.88 Å². The van der Waals surface area contributed by atoms with Crippen molar-refractivity contribution in [1.82, 2.24) is 4.98 Å². The van der Waals surface area contributed by atoms with Crippen molar-refractivity contribution < 1.29 is 14.3 Å². The number of amides is 2. The van der Waals surface area contributed by atoms with Crippen molar-refractivity contribution in [3.05, 3.63) is 65.2 Å². The zero-order chi connectivity index (χ0) is 25.8. The van der Waals surface area contributed by atoms with Crippen LogP contribution in [0.15, 0.2) is 53.6 Å². The maximum absolute atomic E-state index is 13.2. The highest BCUT2D eigenvalue weighted by atomic mass is 32.2. The van der Waals surface area contributed by atoms with Gasteiger partial charge in [0.2, 0.25) is 11.8 Å². The van der Waals surface area contributed by atoms with E-state index in [9.17, 15) is 20.1 Å². The Morgan fingerprint density at radius 3 is 2.31 bits per heavy atom. The number of benzene rings is 2. The molecule has 1 unspecified atom stereocenters. The minimum Gasteiger partial charge on any atom is -0.494 e. The second-order valence-electron chi connectivity index (χ2n) is 8.01. The van der Waals surface area contributed by atoms with Gasteiger partial charge in [-0.05, 0) is 48.7 Å². The van der Waals surface area contributed by atoms with Gasteiger partial charge in [-0.15, -0.1) is 0 Å². The lowest BCUT2D eigenvalue weighted by Gasteiger charge is -2.17. The van der Waals surface area contributed by atoms with Crippen molar-refractivity contribution in [3.63, 3.8) is 0 Å². The number of thioether (sulfide) groups is 1. The second kappa shape index (κ2) is 10.5. The van der Waals surface area contributed by atoms with Gasteiger partial charge in [0.15, 0.2) is 0 Å². The Hall–Kier alpha value is -4.34. The summed E-state index contributed by atoms with van der Waals surface area (Å²) in [5, 5.41) is 19.2. The topological polar surface area (TPSA) is 133 Å². The average Bonchev–Trinajstić information content (AvgIpc) is 3.16. The third-order valence-electron chi connectivity index (χ3n) is 5.83. The van der Waals surface area contributed by atoms with Gasteiger partial charge in [-0.3, -0.25) is 9.59 Å². The van der Waals surface area contributed by atoms with Crippen LogP contribution >= 0.6 is 11.8 Å². The van der Waals surface area contributed by atoms with Gasteiger partial charge < -0.3 is 10.5 Å². The van der Waals surface area contributed by atoms with Crippen molar-refractivity contribution >= 4 is 35.1 Å². The van der Waals surface area contributed by atoms with Crippen molar-refractivity contribution in [1.29, 1.82) is 10.5 Å². The highest BCUT2D eigenvalue weighted by molar-refractivity contribution is 8.00. The van der Waals surface area contributed by atoms with E-state index in [1.807, 2.05) is 38.1 Å². The quantitative estimate of drug-likeness (QED) is 0.473. The van der Waals surface area contributed by atoms with Crippen molar-refractivity contribution in [2.75, 3.05) is 17.2 Å². The molecule has 4 rings (SSSR count). The van der Waals surface area contributed by atoms with E-state index in [1.54, 1.807) is 24.3 Å². The number of hydrogen-bond acceptors (Lipinski definition) is 8.